The molecular formula is C22H24ClF3N4O3S. The number of benzene rings is 1. The quantitative estimate of drug-likeness (QED) is 0.572. The van der Waals surface area contributed by atoms with Gasteiger partial charge in [-0.2, -0.15) is 0 Å². The summed E-state index contributed by atoms with van der Waals surface area (Å²) in [4.78, 5) is 22.2. The molecule has 34 heavy (non-hydrogen) atoms. The van der Waals surface area contributed by atoms with E-state index in [0.29, 0.717) is 27.1 Å². The molecule has 0 aliphatic carbocycles. The maximum atomic E-state index is 13.7. The van der Waals surface area contributed by atoms with Crippen LogP contribution < -0.4 is 5.32 Å². The number of carbonyl (C=O) groups is 1. The largest absolute Gasteiger partial charge is 0.463 e. The van der Waals surface area contributed by atoms with Crippen LogP contribution in [0.5, 0.6) is 0 Å². The highest BCUT2D eigenvalue weighted by Crippen LogP contribution is 2.32. The van der Waals surface area contributed by atoms with Gasteiger partial charge in [0.1, 0.15) is 5.82 Å². The molecule has 12 heteroatoms. The van der Waals surface area contributed by atoms with Crippen LogP contribution in [0.1, 0.15) is 18.4 Å². The first kappa shape index (κ1) is 26.1. The molecule has 7 nitrogen and oxygen atoms in total. The molecule has 2 aliphatic heterocycles. The Bertz CT molecular complexity index is 1030. The number of nitrogens with one attached hydrogen (secondary N) is 1. The van der Waals surface area contributed by atoms with Crippen LogP contribution in [0.3, 0.4) is 0 Å². The smallest absolute Gasteiger partial charge is 0.337 e. The Morgan fingerprint density at radius 1 is 1.44 bits per heavy atom. The SMILES string of the molecule is CCOC(=O)C1=C(CN2CC(F)(F)CC2CO)NC(c2nccs2)=NC1.Fc1cccc(Cl)c1. The summed E-state index contributed by atoms with van der Waals surface area (Å²) in [5, 5.41) is 15.4. The number of esters is 1. The van der Waals surface area contributed by atoms with Gasteiger partial charge in [-0.15, -0.1) is 11.3 Å². The molecule has 2 N–H and O–H groups in total. The van der Waals surface area contributed by atoms with E-state index in [1.165, 1.54) is 28.4 Å². The minimum absolute atomic E-state index is 0.0688. The van der Waals surface area contributed by atoms with Crippen molar-refractivity contribution in [1.29, 1.82) is 0 Å². The number of aliphatic imine (C=N–C) groups is 1. The maximum absolute atomic E-state index is 13.7. The molecule has 1 aromatic carbocycles. The Kier molecular flexibility index (Phi) is 9.06. The van der Waals surface area contributed by atoms with Crippen molar-refractivity contribution in [2.75, 3.05) is 32.8 Å². The first-order valence-electron chi connectivity index (χ1n) is 10.5. The van der Waals surface area contributed by atoms with Crippen molar-refractivity contribution >= 4 is 34.7 Å². The zero-order valence-corrected chi connectivity index (χ0v) is 19.9. The lowest BCUT2D eigenvalue weighted by molar-refractivity contribution is -0.138. The van der Waals surface area contributed by atoms with E-state index < -0.39 is 30.9 Å². The van der Waals surface area contributed by atoms with Crippen molar-refractivity contribution in [2.45, 2.75) is 25.3 Å². The predicted molar refractivity (Wildman–Crippen MR) is 124 cm³/mol. The molecule has 2 aliphatic rings. The van der Waals surface area contributed by atoms with Gasteiger partial charge in [0.15, 0.2) is 10.8 Å². The van der Waals surface area contributed by atoms with E-state index >= 15 is 0 Å². The van der Waals surface area contributed by atoms with Gasteiger partial charge in [-0.1, -0.05) is 17.7 Å². The summed E-state index contributed by atoms with van der Waals surface area (Å²) in [7, 11) is 0. The number of carbonyl (C=O) groups excluding carboxylic acids is 1. The van der Waals surface area contributed by atoms with Crippen LogP contribution in [-0.2, 0) is 9.53 Å². The zero-order valence-electron chi connectivity index (χ0n) is 18.3. The van der Waals surface area contributed by atoms with E-state index in [-0.39, 0.29) is 32.1 Å². The van der Waals surface area contributed by atoms with E-state index in [2.05, 4.69) is 15.3 Å². The summed E-state index contributed by atoms with van der Waals surface area (Å²) in [6, 6.07) is 5.15. The number of aliphatic hydroxyl groups is 1. The first-order chi connectivity index (χ1) is 16.2. The standard InChI is InChI=1S/C16H20F2N4O3S.C6H4ClF/c1-2-25-15(24)11-6-20-13(14-19-3-4-26-14)21-12(11)7-22-9-16(17,18)5-10(22)8-23;7-5-2-1-3-6(8)4-5/h3-4,10,23H,2,5-9H2,1H3,(H,20,21);1-4H. The molecule has 0 bridgehead atoms. The molecule has 1 atom stereocenters. The highest BCUT2D eigenvalue weighted by molar-refractivity contribution is 7.11. The molecule has 4 rings (SSSR count). The van der Waals surface area contributed by atoms with Crippen molar-refractivity contribution in [3.63, 3.8) is 0 Å². The molecule has 3 heterocycles. The predicted octanol–water partition coefficient (Wildman–Crippen LogP) is 3.49. The number of thiazole rings is 1. The number of amidine groups is 1. The molecule has 0 radical (unpaired) electrons. The van der Waals surface area contributed by atoms with Crippen molar-refractivity contribution < 1.29 is 27.8 Å². The number of nitrogens with zero attached hydrogens (tertiary/aromatic N) is 3. The van der Waals surface area contributed by atoms with Gasteiger partial charge in [-0.05, 0) is 25.1 Å². The molecule has 0 amide bonds. The molecule has 0 saturated carbocycles. The summed E-state index contributed by atoms with van der Waals surface area (Å²) < 4.78 is 44.6. The average Bonchev–Trinajstić information content (AvgIpc) is 3.41. The van der Waals surface area contributed by atoms with Gasteiger partial charge in [0.2, 0.25) is 0 Å². The van der Waals surface area contributed by atoms with Crippen molar-refractivity contribution in [3.05, 3.63) is 63.0 Å². The second-order valence-corrected chi connectivity index (χ2v) is 8.88. The fourth-order valence-corrected chi connectivity index (χ4v) is 4.28. The second kappa shape index (κ2) is 11.8. The van der Waals surface area contributed by atoms with Gasteiger partial charge in [0.25, 0.3) is 5.92 Å². The average molecular weight is 517 g/mol. The topological polar surface area (TPSA) is 87.0 Å². The van der Waals surface area contributed by atoms with Gasteiger partial charge >= 0.3 is 5.97 Å². The third-order valence-electron chi connectivity index (χ3n) is 5.03. The van der Waals surface area contributed by atoms with E-state index in [4.69, 9.17) is 16.3 Å². The number of likely N-dealkylation sites (tertiary alicyclic amines) is 1. The van der Waals surface area contributed by atoms with Crippen LogP contribution in [0, 0.1) is 5.82 Å². The highest BCUT2D eigenvalue weighted by Gasteiger charge is 2.45. The van der Waals surface area contributed by atoms with Crippen LogP contribution in [-0.4, -0.2) is 71.6 Å². The number of rotatable bonds is 6. The molecule has 2 aromatic rings. The number of halogens is 4. The van der Waals surface area contributed by atoms with Crippen LogP contribution in [0.25, 0.3) is 0 Å². The molecule has 1 saturated heterocycles. The van der Waals surface area contributed by atoms with Crippen LogP contribution in [0.15, 0.2) is 52.1 Å². The fraction of sp³-hybridized carbons (Fsp3) is 0.409. The summed E-state index contributed by atoms with van der Waals surface area (Å²) in [5.74, 6) is -3.19. The van der Waals surface area contributed by atoms with E-state index in [0.717, 1.165) is 0 Å². The van der Waals surface area contributed by atoms with Crippen LogP contribution >= 0.6 is 22.9 Å². The normalized spacial score (nSPS) is 19.7. The monoisotopic (exact) mass is 516 g/mol. The number of alkyl halides is 2. The Labute approximate surface area is 203 Å². The summed E-state index contributed by atoms with van der Waals surface area (Å²) in [6.07, 6.45) is 1.23. The lowest BCUT2D eigenvalue weighted by Crippen LogP contribution is -2.41. The van der Waals surface area contributed by atoms with Gasteiger partial charge in [-0.25, -0.2) is 22.9 Å². The molecule has 0 spiro atoms. The van der Waals surface area contributed by atoms with Gasteiger partial charge in [0.05, 0.1) is 31.9 Å². The Morgan fingerprint density at radius 3 is 2.82 bits per heavy atom. The van der Waals surface area contributed by atoms with E-state index in [1.807, 2.05) is 0 Å². The van der Waals surface area contributed by atoms with Gasteiger partial charge in [0, 0.05) is 41.3 Å². The van der Waals surface area contributed by atoms with Crippen molar-refractivity contribution in [2.24, 2.45) is 4.99 Å². The Balaban J connectivity index is 0.000000343. The first-order valence-corrected chi connectivity index (χ1v) is 11.7. The second-order valence-electron chi connectivity index (χ2n) is 7.55. The highest BCUT2D eigenvalue weighted by atomic mass is 35.5. The summed E-state index contributed by atoms with van der Waals surface area (Å²) in [6.45, 7) is 1.22. The van der Waals surface area contributed by atoms with Gasteiger partial charge < -0.3 is 15.2 Å². The van der Waals surface area contributed by atoms with E-state index in [9.17, 15) is 23.1 Å². The van der Waals surface area contributed by atoms with Crippen LogP contribution in [0.4, 0.5) is 13.2 Å². The minimum atomic E-state index is -2.86. The van der Waals surface area contributed by atoms with Crippen molar-refractivity contribution in [3.8, 4) is 0 Å². The van der Waals surface area contributed by atoms with Crippen molar-refractivity contribution in [1.82, 2.24) is 15.2 Å². The number of aromatic nitrogens is 1. The lowest BCUT2D eigenvalue weighted by Gasteiger charge is -2.27. The third-order valence-corrected chi connectivity index (χ3v) is 6.04. The fourth-order valence-electron chi connectivity index (χ4n) is 3.51. The third kappa shape index (κ3) is 7.02. The lowest BCUT2D eigenvalue weighted by atomic mass is 10.1. The zero-order chi connectivity index (χ0) is 24.7. The number of hydrogen-bond donors (Lipinski definition) is 2. The Hall–Kier alpha value is -2.47. The van der Waals surface area contributed by atoms with Crippen LogP contribution in [0.2, 0.25) is 5.02 Å². The minimum Gasteiger partial charge on any atom is -0.463 e. The molecule has 1 fully saturated rings. The molecule has 184 valence electrons. The summed E-state index contributed by atoms with van der Waals surface area (Å²) >= 11 is 6.79. The molecule has 1 unspecified atom stereocenters. The maximum Gasteiger partial charge on any atom is 0.337 e. The number of ether oxygens (including phenoxy) is 1. The summed E-state index contributed by atoms with van der Waals surface area (Å²) in [5.41, 5.74) is 0.763. The molecular weight excluding hydrogens is 493 g/mol. The number of aliphatic hydroxyl groups excluding tert-OH is 1. The number of hydrogen-bond acceptors (Lipinski definition) is 8. The van der Waals surface area contributed by atoms with E-state index in [1.54, 1.807) is 30.6 Å². The Morgan fingerprint density at radius 2 is 2.24 bits per heavy atom. The molecule has 1 aromatic heterocycles. The van der Waals surface area contributed by atoms with Gasteiger partial charge in [-0.3, -0.25) is 9.89 Å².